The Labute approximate surface area is 152 Å². The summed E-state index contributed by atoms with van der Waals surface area (Å²) in [5, 5.41) is 0. The van der Waals surface area contributed by atoms with Crippen LogP contribution in [0.5, 0.6) is 5.75 Å². The third-order valence-electron chi connectivity index (χ3n) is 6.24. The molecule has 3 rings (SSSR count). The van der Waals surface area contributed by atoms with Crippen LogP contribution in [0.2, 0.25) is 0 Å². The maximum atomic E-state index is 14.3. The van der Waals surface area contributed by atoms with Gasteiger partial charge in [-0.2, -0.15) is 4.39 Å². The van der Waals surface area contributed by atoms with Crippen LogP contribution in [0, 0.1) is 29.4 Å². The van der Waals surface area contributed by atoms with Gasteiger partial charge >= 0.3 is 0 Å². The Morgan fingerprint density at radius 1 is 0.800 bits per heavy atom. The molecule has 2 fully saturated rings. The molecule has 2 saturated carbocycles. The monoisotopic (exact) mass is 352 g/mol. The number of methoxy groups -OCH3 is 1. The summed E-state index contributed by atoms with van der Waals surface area (Å²) in [6, 6.07) is 3.27. The maximum Gasteiger partial charge on any atom is 0.200 e. The lowest BCUT2D eigenvalue weighted by Gasteiger charge is -2.37. The van der Waals surface area contributed by atoms with Crippen molar-refractivity contribution in [3.63, 3.8) is 0 Å². The molecule has 25 heavy (non-hydrogen) atoms. The standard InChI is InChI=1S/C20H28F2O.C2H6/c1-13-3-5-14(6-4-13)15-7-9-16(10-8-15)17-11-12-18(23-2)20(22)19(17)21;1-2/h11-16H,3-10H2,1-2H3;1-2H3. The van der Waals surface area contributed by atoms with Crippen molar-refractivity contribution < 1.29 is 13.5 Å². The van der Waals surface area contributed by atoms with Crippen LogP contribution in [-0.2, 0) is 0 Å². The molecule has 0 bridgehead atoms. The molecule has 0 atom stereocenters. The van der Waals surface area contributed by atoms with E-state index in [1.807, 2.05) is 13.8 Å². The summed E-state index contributed by atoms with van der Waals surface area (Å²) in [5.41, 5.74) is 0.541. The van der Waals surface area contributed by atoms with E-state index >= 15 is 0 Å². The van der Waals surface area contributed by atoms with Crippen molar-refractivity contribution in [2.75, 3.05) is 7.11 Å². The van der Waals surface area contributed by atoms with Crippen molar-refractivity contribution in [3.8, 4) is 5.75 Å². The average Bonchev–Trinajstić information content (AvgIpc) is 2.66. The first-order valence-corrected chi connectivity index (χ1v) is 10.1. The van der Waals surface area contributed by atoms with E-state index in [1.165, 1.54) is 32.8 Å². The van der Waals surface area contributed by atoms with Gasteiger partial charge in [-0.25, -0.2) is 4.39 Å². The largest absolute Gasteiger partial charge is 0.494 e. The second kappa shape index (κ2) is 9.54. The van der Waals surface area contributed by atoms with Gasteiger partial charge in [0.25, 0.3) is 0 Å². The molecule has 0 N–H and O–H groups in total. The molecule has 2 aliphatic rings. The van der Waals surface area contributed by atoms with Crippen molar-refractivity contribution in [3.05, 3.63) is 29.3 Å². The Morgan fingerprint density at radius 2 is 1.32 bits per heavy atom. The fourth-order valence-electron chi connectivity index (χ4n) is 4.68. The lowest BCUT2D eigenvalue weighted by Crippen LogP contribution is -2.25. The van der Waals surface area contributed by atoms with Crippen LogP contribution in [-0.4, -0.2) is 7.11 Å². The Bertz CT molecular complexity index is 527. The van der Waals surface area contributed by atoms with E-state index in [2.05, 4.69) is 6.92 Å². The molecule has 0 heterocycles. The first-order chi connectivity index (χ1) is 12.1. The second-order valence-electron chi connectivity index (χ2n) is 7.62. The highest BCUT2D eigenvalue weighted by Crippen LogP contribution is 2.44. The summed E-state index contributed by atoms with van der Waals surface area (Å²) < 4.78 is 33.1. The zero-order valence-corrected chi connectivity index (χ0v) is 16.3. The van der Waals surface area contributed by atoms with Gasteiger partial charge in [0.2, 0.25) is 5.82 Å². The number of rotatable bonds is 3. The van der Waals surface area contributed by atoms with E-state index < -0.39 is 11.6 Å². The van der Waals surface area contributed by atoms with E-state index in [0.717, 1.165) is 43.4 Å². The number of ether oxygens (including phenoxy) is 1. The number of halogens is 2. The number of benzene rings is 1. The molecular weight excluding hydrogens is 318 g/mol. The average molecular weight is 353 g/mol. The van der Waals surface area contributed by atoms with Crippen LogP contribution < -0.4 is 4.74 Å². The van der Waals surface area contributed by atoms with Gasteiger partial charge in [-0.15, -0.1) is 0 Å². The Kier molecular flexibility index (Phi) is 7.71. The van der Waals surface area contributed by atoms with Gasteiger partial charge in [0, 0.05) is 0 Å². The molecule has 0 spiro atoms. The van der Waals surface area contributed by atoms with Crippen molar-refractivity contribution >= 4 is 0 Å². The minimum atomic E-state index is -0.839. The van der Waals surface area contributed by atoms with E-state index in [9.17, 15) is 8.78 Å². The molecule has 0 amide bonds. The lowest BCUT2D eigenvalue weighted by atomic mass is 9.68. The molecule has 0 aliphatic heterocycles. The summed E-state index contributed by atoms with van der Waals surface area (Å²) >= 11 is 0. The van der Waals surface area contributed by atoms with E-state index in [-0.39, 0.29) is 11.7 Å². The molecule has 2 aliphatic carbocycles. The van der Waals surface area contributed by atoms with Crippen molar-refractivity contribution in [2.45, 2.75) is 78.1 Å². The molecule has 0 radical (unpaired) electrons. The fraction of sp³-hybridized carbons (Fsp3) is 0.727. The quantitative estimate of drug-likeness (QED) is 0.563. The summed E-state index contributed by atoms with van der Waals surface area (Å²) in [7, 11) is 1.37. The maximum absolute atomic E-state index is 14.3. The molecule has 1 nitrogen and oxygen atoms in total. The first-order valence-electron chi connectivity index (χ1n) is 10.1. The fourth-order valence-corrected chi connectivity index (χ4v) is 4.68. The van der Waals surface area contributed by atoms with Gasteiger partial charge in [-0.3, -0.25) is 0 Å². The first kappa shape index (κ1) is 20.2. The zero-order chi connectivity index (χ0) is 18.4. The minimum Gasteiger partial charge on any atom is -0.494 e. The molecular formula is C22H34F2O. The van der Waals surface area contributed by atoms with Gasteiger partial charge in [0.05, 0.1) is 7.11 Å². The highest BCUT2D eigenvalue weighted by molar-refractivity contribution is 5.33. The summed E-state index contributed by atoms with van der Waals surface area (Å²) in [6.07, 6.45) is 9.75. The Balaban J connectivity index is 0.00000109. The molecule has 0 aromatic heterocycles. The number of hydrogen-bond acceptors (Lipinski definition) is 1. The van der Waals surface area contributed by atoms with Crippen LogP contribution in [0.25, 0.3) is 0 Å². The highest BCUT2D eigenvalue weighted by atomic mass is 19.2. The predicted octanol–water partition coefficient (Wildman–Crippen LogP) is 7.10. The molecule has 142 valence electrons. The SMILES string of the molecule is CC.COc1ccc(C2CCC(C3CCC(C)CC3)CC2)c(F)c1F. The highest BCUT2D eigenvalue weighted by Gasteiger charge is 2.31. The second-order valence-corrected chi connectivity index (χ2v) is 7.62. The van der Waals surface area contributed by atoms with E-state index in [1.54, 1.807) is 12.1 Å². The molecule has 1 aromatic rings. The zero-order valence-electron chi connectivity index (χ0n) is 16.3. The van der Waals surface area contributed by atoms with Crippen LogP contribution in [0.1, 0.15) is 83.6 Å². The third-order valence-corrected chi connectivity index (χ3v) is 6.24. The van der Waals surface area contributed by atoms with Gasteiger partial charge in [-0.1, -0.05) is 39.7 Å². The minimum absolute atomic E-state index is 0.00346. The molecule has 3 heteroatoms. The third kappa shape index (κ3) is 4.74. The number of hydrogen-bond donors (Lipinski definition) is 0. The summed E-state index contributed by atoms with van der Waals surface area (Å²) in [4.78, 5) is 0. The van der Waals surface area contributed by atoms with Gasteiger partial charge < -0.3 is 4.74 Å². The summed E-state index contributed by atoms with van der Waals surface area (Å²) in [6.45, 7) is 6.36. The summed E-state index contributed by atoms with van der Waals surface area (Å²) in [5.74, 6) is 1.16. The van der Waals surface area contributed by atoms with Gasteiger partial charge in [0.1, 0.15) is 0 Å². The van der Waals surface area contributed by atoms with Crippen molar-refractivity contribution in [1.82, 2.24) is 0 Å². The molecule has 1 aromatic carbocycles. The lowest BCUT2D eigenvalue weighted by molar-refractivity contribution is 0.164. The molecule has 0 unspecified atom stereocenters. The van der Waals surface area contributed by atoms with Gasteiger partial charge in [0.15, 0.2) is 11.6 Å². The molecule has 0 saturated heterocycles. The van der Waals surface area contributed by atoms with Crippen LogP contribution in [0.4, 0.5) is 8.78 Å². The van der Waals surface area contributed by atoms with Crippen LogP contribution >= 0.6 is 0 Å². The van der Waals surface area contributed by atoms with Crippen molar-refractivity contribution in [1.29, 1.82) is 0 Å². The van der Waals surface area contributed by atoms with Crippen LogP contribution in [0.3, 0.4) is 0 Å². The normalized spacial score (nSPS) is 29.5. The predicted molar refractivity (Wildman–Crippen MR) is 100 cm³/mol. The van der Waals surface area contributed by atoms with E-state index in [4.69, 9.17) is 4.74 Å². The van der Waals surface area contributed by atoms with Gasteiger partial charge in [-0.05, 0) is 73.8 Å². The van der Waals surface area contributed by atoms with Crippen molar-refractivity contribution in [2.24, 2.45) is 17.8 Å². The Hall–Kier alpha value is -1.12. The smallest absolute Gasteiger partial charge is 0.200 e. The topological polar surface area (TPSA) is 9.23 Å². The Morgan fingerprint density at radius 3 is 1.84 bits per heavy atom. The van der Waals surface area contributed by atoms with Crippen LogP contribution in [0.15, 0.2) is 12.1 Å². The van der Waals surface area contributed by atoms with E-state index in [0.29, 0.717) is 5.56 Å².